The maximum Gasteiger partial charge on any atom is 0.311 e. The Labute approximate surface area is 193 Å². The van der Waals surface area contributed by atoms with E-state index in [1.54, 1.807) is 60.7 Å². The summed E-state index contributed by atoms with van der Waals surface area (Å²) in [6.07, 6.45) is 1.21. The molecule has 0 aromatic heterocycles. The molecule has 4 rings (SSSR count). The highest BCUT2D eigenvalue weighted by atomic mass is 16.6. The SMILES string of the molecule is O=C(COc1c(C=C2C(=O)NN(c3ccccc3)C2=O)cccc1[N+](=O)[O-])Nc1ccccc1. The van der Waals surface area contributed by atoms with E-state index >= 15 is 0 Å². The normalized spacial score (nSPS) is 14.1. The summed E-state index contributed by atoms with van der Waals surface area (Å²) in [6, 6.07) is 21.2. The van der Waals surface area contributed by atoms with E-state index in [0.29, 0.717) is 11.4 Å². The molecule has 0 atom stereocenters. The van der Waals surface area contributed by atoms with Crippen molar-refractivity contribution in [3.63, 3.8) is 0 Å². The van der Waals surface area contributed by atoms with E-state index in [2.05, 4.69) is 10.7 Å². The first kappa shape index (κ1) is 22.2. The Morgan fingerprint density at radius 3 is 2.35 bits per heavy atom. The quantitative estimate of drug-likeness (QED) is 0.242. The Kier molecular flexibility index (Phi) is 6.31. The summed E-state index contributed by atoms with van der Waals surface area (Å²) in [4.78, 5) is 48.5. The minimum absolute atomic E-state index is 0.107. The first-order valence-electron chi connectivity index (χ1n) is 10.1. The summed E-state index contributed by atoms with van der Waals surface area (Å²) < 4.78 is 5.50. The third-order valence-corrected chi connectivity index (χ3v) is 4.83. The average Bonchev–Trinajstić information content (AvgIpc) is 3.12. The van der Waals surface area contributed by atoms with Crippen LogP contribution in [0.2, 0.25) is 0 Å². The molecule has 170 valence electrons. The number of rotatable bonds is 7. The lowest BCUT2D eigenvalue weighted by Crippen LogP contribution is -2.35. The number of hydrazine groups is 1. The lowest BCUT2D eigenvalue weighted by Gasteiger charge is -2.14. The average molecular weight is 458 g/mol. The minimum atomic E-state index is -0.673. The lowest BCUT2D eigenvalue weighted by molar-refractivity contribution is -0.385. The number of ether oxygens (including phenoxy) is 1. The van der Waals surface area contributed by atoms with Gasteiger partial charge in [0.25, 0.3) is 17.7 Å². The number of carbonyl (C=O) groups is 3. The first-order chi connectivity index (χ1) is 16.4. The van der Waals surface area contributed by atoms with Gasteiger partial charge in [-0.05, 0) is 30.3 Å². The second-order valence-electron chi connectivity index (χ2n) is 7.13. The summed E-state index contributed by atoms with van der Waals surface area (Å²) in [5, 5.41) is 15.3. The number of nitrogens with zero attached hydrogens (tertiary/aromatic N) is 2. The van der Waals surface area contributed by atoms with E-state index < -0.39 is 34.9 Å². The maximum atomic E-state index is 12.9. The number of anilines is 2. The molecule has 3 aromatic rings. The standard InChI is InChI=1S/C24H18N4O6/c29-21(25-17-9-3-1-4-10-17)15-34-22-16(8-7-13-20(22)28(32)33)14-19-23(30)26-27(24(19)31)18-11-5-2-6-12-18/h1-14H,15H2,(H,25,29)(H,26,30). The number of nitro groups is 1. The van der Waals surface area contributed by atoms with Crippen molar-refractivity contribution >= 4 is 40.9 Å². The molecule has 0 radical (unpaired) electrons. The second kappa shape index (κ2) is 9.65. The van der Waals surface area contributed by atoms with Crippen LogP contribution in [0, 0.1) is 10.1 Å². The number of para-hydroxylation sites is 3. The van der Waals surface area contributed by atoms with Gasteiger partial charge in [0, 0.05) is 17.3 Å². The molecule has 0 spiro atoms. The largest absolute Gasteiger partial charge is 0.476 e. The molecule has 1 fully saturated rings. The fourth-order valence-electron chi connectivity index (χ4n) is 3.28. The molecule has 0 bridgehead atoms. The van der Waals surface area contributed by atoms with Crippen LogP contribution in [-0.4, -0.2) is 29.3 Å². The predicted molar refractivity (Wildman–Crippen MR) is 124 cm³/mol. The van der Waals surface area contributed by atoms with Crippen LogP contribution in [0.3, 0.4) is 0 Å². The molecular weight excluding hydrogens is 440 g/mol. The van der Waals surface area contributed by atoms with Crippen molar-refractivity contribution in [3.05, 3.63) is 100 Å². The Hall–Kier alpha value is -4.99. The van der Waals surface area contributed by atoms with Gasteiger partial charge in [-0.2, -0.15) is 0 Å². The molecule has 10 heteroatoms. The molecule has 1 saturated heterocycles. The highest BCUT2D eigenvalue weighted by Gasteiger charge is 2.35. The molecule has 3 aromatic carbocycles. The molecular formula is C24H18N4O6. The van der Waals surface area contributed by atoms with Gasteiger partial charge in [-0.3, -0.25) is 29.9 Å². The number of amides is 3. The van der Waals surface area contributed by atoms with Crippen LogP contribution >= 0.6 is 0 Å². The number of hydrogen-bond donors (Lipinski definition) is 2. The Bertz CT molecular complexity index is 1290. The van der Waals surface area contributed by atoms with Crippen LogP contribution in [0.15, 0.2) is 84.4 Å². The van der Waals surface area contributed by atoms with Crippen molar-refractivity contribution in [2.45, 2.75) is 0 Å². The zero-order valence-corrected chi connectivity index (χ0v) is 17.6. The molecule has 1 heterocycles. The molecule has 3 amide bonds. The molecule has 0 unspecified atom stereocenters. The van der Waals surface area contributed by atoms with Gasteiger partial charge in [-0.1, -0.05) is 48.5 Å². The zero-order chi connectivity index (χ0) is 24.1. The first-order valence-corrected chi connectivity index (χ1v) is 10.1. The van der Waals surface area contributed by atoms with E-state index in [4.69, 9.17) is 4.74 Å². The van der Waals surface area contributed by atoms with Crippen molar-refractivity contribution < 1.29 is 24.0 Å². The Balaban J connectivity index is 1.61. The zero-order valence-electron chi connectivity index (χ0n) is 17.6. The predicted octanol–water partition coefficient (Wildman–Crippen LogP) is 3.07. The monoisotopic (exact) mass is 458 g/mol. The highest BCUT2D eigenvalue weighted by molar-refractivity contribution is 6.31. The third-order valence-electron chi connectivity index (χ3n) is 4.83. The van der Waals surface area contributed by atoms with Crippen LogP contribution < -0.4 is 20.5 Å². The summed E-state index contributed by atoms with van der Waals surface area (Å²) in [5.74, 6) is -2.07. The highest BCUT2D eigenvalue weighted by Crippen LogP contribution is 2.33. The van der Waals surface area contributed by atoms with Crippen molar-refractivity contribution in [3.8, 4) is 5.75 Å². The summed E-state index contributed by atoms with van der Waals surface area (Å²) >= 11 is 0. The van der Waals surface area contributed by atoms with Gasteiger partial charge >= 0.3 is 5.69 Å². The fraction of sp³-hybridized carbons (Fsp3) is 0.0417. The molecule has 0 saturated carbocycles. The van der Waals surface area contributed by atoms with E-state index in [1.807, 2.05) is 0 Å². The lowest BCUT2D eigenvalue weighted by atomic mass is 10.1. The third kappa shape index (κ3) is 4.75. The number of hydrogen-bond acceptors (Lipinski definition) is 6. The van der Waals surface area contributed by atoms with Gasteiger partial charge in [0.1, 0.15) is 5.57 Å². The van der Waals surface area contributed by atoms with Crippen LogP contribution in [-0.2, 0) is 14.4 Å². The van der Waals surface area contributed by atoms with Crippen molar-refractivity contribution in [1.29, 1.82) is 0 Å². The molecule has 1 aliphatic rings. The van der Waals surface area contributed by atoms with Crippen LogP contribution in [0.5, 0.6) is 5.75 Å². The molecule has 10 nitrogen and oxygen atoms in total. The van der Waals surface area contributed by atoms with Crippen molar-refractivity contribution in [2.24, 2.45) is 0 Å². The molecule has 0 aliphatic carbocycles. The summed E-state index contributed by atoms with van der Waals surface area (Å²) in [7, 11) is 0. The maximum absolute atomic E-state index is 12.9. The summed E-state index contributed by atoms with van der Waals surface area (Å²) in [5.41, 5.74) is 2.92. The van der Waals surface area contributed by atoms with E-state index in [1.165, 1.54) is 24.3 Å². The molecule has 2 N–H and O–H groups in total. The van der Waals surface area contributed by atoms with Gasteiger partial charge < -0.3 is 10.1 Å². The van der Waals surface area contributed by atoms with Crippen LogP contribution in [0.1, 0.15) is 5.56 Å². The number of benzene rings is 3. The van der Waals surface area contributed by atoms with Crippen molar-refractivity contribution in [1.82, 2.24) is 5.43 Å². The van der Waals surface area contributed by atoms with E-state index in [9.17, 15) is 24.5 Å². The number of nitro benzene ring substituents is 1. The Morgan fingerprint density at radius 1 is 1.00 bits per heavy atom. The Morgan fingerprint density at radius 2 is 1.68 bits per heavy atom. The molecule has 34 heavy (non-hydrogen) atoms. The van der Waals surface area contributed by atoms with Gasteiger partial charge in [0.15, 0.2) is 6.61 Å². The fourth-order valence-corrected chi connectivity index (χ4v) is 3.28. The number of carbonyl (C=O) groups excluding carboxylic acids is 3. The second-order valence-corrected chi connectivity index (χ2v) is 7.13. The topological polar surface area (TPSA) is 131 Å². The van der Waals surface area contributed by atoms with Crippen LogP contribution in [0.25, 0.3) is 6.08 Å². The van der Waals surface area contributed by atoms with E-state index in [0.717, 1.165) is 5.01 Å². The van der Waals surface area contributed by atoms with Gasteiger partial charge in [0.2, 0.25) is 5.75 Å². The number of nitrogens with one attached hydrogen (secondary N) is 2. The van der Waals surface area contributed by atoms with Crippen LogP contribution in [0.4, 0.5) is 17.1 Å². The van der Waals surface area contributed by atoms with Gasteiger partial charge in [-0.25, -0.2) is 5.01 Å². The molecule has 1 aliphatic heterocycles. The minimum Gasteiger partial charge on any atom is -0.476 e. The summed E-state index contributed by atoms with van der Waals surface area (Å²) in [6.45, 7) is -0.522. The van der Waals surface area contributed by atoms with Crippen molar-refractivity contribution in [2.75, 3.05) is 16.9 Å². The van der Waals surface area contributed by atoms with Gasteiger partial charge in [0.05, 0.1) is 10.6 Å². The van der Waals surface area contributed by atoms with E-state index in [-0.39, 0.29) is 16.9 Å². The smallest absolute Gasteiger partial charge is 0.311 e. The van der Waals surface area contributed by atoms with Gasteiger partial charge in [-0.15, -0.1) is 0 Å².